The highest BCUT2D eigenvalue weighted by molar-refractivity contribution is 6.07. The monoisotopic (exact) mass is 600 g/mol. The van der Waals surface area contributed by atoms with Gasteiger partial charge in [0.05, 0.1) is 16.5 Å². The fourth-order valence-corrected chi connectivity index (χ4v) is 7.51. The van der Waals surface area contributed by atoms with E-state index in [-0.39, 0.29) is 46.2 Å². The molecule has 0 aliphatic heterocycles. The normalized spacial score (nSPS) is 18.1. The van der Waals surface area contributed by atoms with Crippen LogP contribution >= 0.6 is 0 Å². The van der Waals surface area contributed by atoms with Gasteiger partial charge >= 0.3 is 11.9 Å². The lowest BCUT2D eigenvalue weighted by molar-refractivity contribution is 0.0683. The molecule has 4 aromatic carbocycles. The minimum atomic E-state index is -1.22. The minimum Gasteiger partial charge on any atom is -0.478 e. The van der Waals surface area contributed by atoms with E-state index >= 15 is 0 Å². The molecule has 0 atom stereocenters. The molecule has 45 heavy (non-hydrogen) atoms. The number of hydrogen-bond donors (Lipinski definition) is 2. The lowest BCUT2D eigenvalue weighted by Crippen LogP contribution is -2.30. The molecule has 0 aromatic heterocycles. The third-order valence-corrected chi connectivity index (χ3v) is 9.85. The number of fused-ring (bicyclic) bond motifs is 3. The van der Waals surface area contributed by atoms with Crippen molar-refractivity contribution in [2.24, 2.45) is 11.8 Å². The number of rotatable bonds is 9. The van der Waals surface area contributed by atoms with E-state index in [0.29, 0.717) is 23.5 Å². The van der Waals surface area contributed by atoms with E-state index < -0.39 is 17.4 Å². The Balaban J connectivity index is 1.59. The first kappa shape index (κ1) is 30.2. The number of carbonyl (C=O) groups is 4. The maximum atomic E-state index is 13.6. The summed E-state index contributed by atoms with van der Waals surface area (Å²) in [5.74, 6) is -1.96. The summed E-state index contributed by atoms with van der Waals surface area (Å²) in [5.41, 5.74) is 3.87. The van der Waals surface area contributed by atoms with Gasteiger partial charge in [-0.05, 0) is 70.2 Å². The van der Waals surface area contributed by atoms with Crippen molar-refractivity contribution in [1.82, 2.24) is 0 Å². The molecule has 0 radical (unpaired) electrons. The van der Waals surface area contributed by atoms with Crippen LogP contribution in [0, 0.1) is 11.8 Å². The van der Waals surface area contributed by atoms with Crippen LogP contribution in [0.4, 0.5) is 0 Å². The van der Waals surface area contributed by atoms with Crippen molar-refractivity contribution in [2.45, 2.75) is 57.8 Å². The molecular weight excluding hydrogens is 564 g/mol. The molecule has 6 nitrogen and oxygen atoms in total. The molecule has 1 fully saturated rings. The van der Waals surface area contributed by atoms with E-state index in [0.717, 1.165) is 47.9 Å². The highest BCUT2D eigenvalue weighted by atomic mass is 16.4. The first-order valence-corrected chi connectivity index (χ1v) is 15.7. The maximum Gasteiger partial charge on any atom is 0.336 e. The summed E-state index contributed by atoms with van der Waals surface area (Å²) in [5, 5.41) is 20.7. The van der Waals surface area contributed by atoms with Gasteiger partial charge in [-0.1, -0.05) is 99.5 Å². The van der Waals surface area contributed by atoms with Crippen molar-refractivity contribution in [3.63, 3.8) is 0 Å². The van der Waals surface area contributed by atoms with Crippen LogP contribution in [0.25, 0.3) is 11.1 Å². The van der Waals surface area contributed by atoms with Crippen molar-refractivity contribution in [3.8, 4) is 11.1 Å². The first-order valence-electron chi connectivity index (χ1n) is 15.7. The molecule has 2 N–H and O–H groups in total. The number of ketones is 2. The molecule has 2 aliphatic rings. The Labute approximate surface area is 262 Å². The molecule has 0 unspecified atom stereocenters. The van der Waals surface area contributed by atoms with Gasteiger partial charge in [0.2, 0.25) is 0 Å². The van der Waals surface area contributed by atoms with E-state index in [4.69, 9.17) is 0 Å². The van der Waals surface area contributed by atoms with Gasteiger partial charge in [-0.25, -0.2) is 9.59 Å². The number of aromatic carboxylic acids is 2. The molecule has 228 valence electrons. The Kier molecular flexibility index (Phi) is 8.00. The number of benzene rings is 4. The second kappa shape index (κ2) is 11.9. The van der Waals surface area contributed by atoms with Crippen LogP contribution in [0.15, 0.2) is 84.9 Å². The molecule has 0 amide bonds. The number of carbonyl (C=O) groups excluding carboxylic acids is 2. The number of carboxylic acid groups (broad SMARTS) is 2. The quantitative estimate of drug-likeness (QED) is 0.164. The molecule has 4 aromatic rings. The van der Waals surface area contributed by atoms with Gasteiger partial charge < -0.3 is 10.2 Å². The summed E-state index contributed by atoms with van der Waals surface area (Å²) in [6, 6.07) is 25.6. The van der Waals surface area contributed by atoms with Crippen molar-refractivity contribution < 1.29 is 29.4 Å². The number of Topliss-reactive ketones (excluding diaryl/α,β-unsaturated/α-hetero) is 2. The predicted octanol–water partition coefficient (Wildman–Crippen LogP) is 8.44. The van der Waals surface area contributed by atoms with Gasteiger partial charge in [0.15, 0.2) is 11.6 Å². The molecule has 2 aliphatic carbocycles. The zero-order chi connectivity index (χ0) is 31.9. The summed E-state index contributed by atoms with van der Waals surface area (Å²) in [4.78, 5) is 51.6. The second-order valence-electron chi connectivity index (χ2n) is 12.5. The van der Waals surface area contributed by atoms with Crippen LogP contribution < -0.4 is 0 Å². The van der Waals surface area contributed by atoms with Crippen LogP contribution in [0.3, 0.4) is 0 Å². The summed E-state index contributed by atoms with van der Waals surface area (Å²) >= 11 is 0. The predicted molar refractivity (Wildman–Crippen MR) is 172 cm³/mol. The molecule has 0 bridgehead atoms. The van der Waals surface area contributed by atoms with Gasteiger partial charge in [0.1, 0.15) is 0 Å². The van der Waals surface area contributed by atoms with Crippen molar-refractivity contribution in [2.75, 3.05) is 0 Å². The Bertz CT molecular complexity index is 1800. The summed E-state index contributed by atoms with van der Waals surface area (Å²) in [7, 11) is 0. The SMILES string of the molecule is CCC(=O)c1ccc(C2(c3ccc(C(=O)CC4CCC(C)CC4)c(C(=O)O)c3)c3ccccc3-c3ccccc32)cc1C(=O)O. The maximum absolute atomic E-state index is 13.6. The smallest absolute Gasteiger partial charge is 0.336 e. The molecule has 6 rings (SSSR count). The summed E-state index contributed by atoms with van der Waals surface area (Å²) in [6.45, 7) is 3.92. The Morgan fingerprint density at radius 1 is 0.644 bits per heavy atom. The zero-order valence-electron chi connectivity index (χ0n) is 25.5. The van der Waals surface area contributed by atoms with Crippen LogP contribution in [-0.4, -0.2) is 33.7 Å². The highest BCUT2D eigenvalue weighted by Gasteiger charge is 2.47. The summed E-state index contributed by atoms with van der Waals surface area (Å²) in [6.07, 6.45) is 4.56. The molecule has 0 heterocycles. The Morgan fingerprint density at radius 2 is 1.11 bits per heavy atom. The van der Waals surface area contributed by atoms with Gasteiger partial charge in [-0.3, -0.25) is 9.59 Å². The lowest BCUT2D eigenvalue weighted by Gasteiger charge is -2.34. The topological polar surface area (TPSA) is 109 Å². The van der Waals surface area contributed by atoms with E-state index in [2.05, 4.69) is 6.92 Å². The second-order valence-corrected chi connectivity index (χ2v) is 12.5. The fraction of sp³-hybridized carbons (Fsp3) is 0.282. The van der Waals surface area contributed by atoms with Crippen molar-refractivity contribution in [1.29, 1.82) is 0 Å². The third kappa shape index (κ3) is 5.08. The van der Waals surface area contributed by atoms with Crippen molar-refractivity contribution >= 4 is 23.5 Å². The zero-order valence-corrected chi connectivity index (χ0v) is 25.5. The van der Waals surface area contributed by atoms with E-state index in [1.54, 1.807) is 37.3 Å². The number of carboxylic acids is 2. The van der Waals surface area contributed by atoms with Gasteiger partial charge in [-0.15, -0.1) is 0 Å². The van der Waals surface area contributed by atoms with Crippen LogP contribution in [0.2, 0.25) is 0 Å². The molecule has 1 saturated carbocycles. The first-order chi connectivity index (χ1) is 21.7. The van der Waals surface area contributed by atoms with Gasteiger partial charge in [-0.2, -0.15) is 0 Å². The standard InChI is InChI=1S/C39H36O6/c1-3-35(40)29-18-16-25(21-31(29)37(42)43)39(33-10-6-4-8-27(33)28-9-5-7-11-34(28)39)26-17-19-30(32(22-26)38(44)45)36(41)20-24-14-12-23(2)13-15-24/h4-11,16-19,21-24H,3,12-15,20H2,1-2H3,(H,42,43)(H,44,45). The molecule has 0 spiro atoms. The average molecular weight is 601 g/mol. The lowest BCUT2D eigenvalue weighted by atomic mass is 9.66. The van der Waals surface area contributed by atoms with Crippen LogP contribution in [0.1, 0.15) is 116 Å². The minimum absolute atomic E-state index is 0.0702. The van der Waals surface area contributed by atoms with Crippen LogP contribution in [-0.2, 0) is 5.41 Å². The molecule has 0 saturated heterocycles. The summed E-state index contributed by atoms with van der Waals surface area (Å²) < 4.78 is 0. The van der Waals surface area contributed by atoms with Gasteiger partial charge in [0, 0.05) is 24.0 Å². The van der Waals surface area contributed by atoms with Crippen molar-refractivity contribution in [3.05, 3.63) is 129 Å². The molecule has 6 heteroatoms. The fourth-order valence-electron chi connectivity index (χ4n) is 7.51. The average Bonchev–Trinajstić information content (AvgIpc) is 3.36. The van der Waals surface area contributed by atoms with E-state index in [9.17, 15) is 29.4 Å². The number of hydrogen-bond acceptors (Lipinski definition) is 4. The van der Waals surface area contributed by atoms with Gasteiger partial charge in [0.25, 0.3) is 0 Å². The Hall–Kier alpha value is -4.84. The van der Waals surface area contributed by atoms with E-state index in [1.165, 1.54) is 0 Å². The third-order valence-electron chi connectivity index (χ3n) is 9.85. The largest absolute Gasteiger partial charge is 0.478 e. The van der Waals surface area contributed by atoms with Crippen LogP contribution in [0.5, 0.6) is 0 Å². The highest BCUT2D eigenvalue weighted by Crippen LogP contribution is 2.56. The Morgan fingerprint density at radius 3 is 1.58 bits per heavy atom. The molecular formula is C39H36O6. The van der Waals surface area contributed by atoms with E-state index in [1.807, 2.05) is 54.6 Å².